The quantitative estimate of drug-likeness (QED) is 0.433. The fraction of sp³-hybridized carbons (Fsp3) is 0.130. The number of nitrogens with zero attached hydrogens (tertiary/aromatic N) is 4. The number of rotatable bonds is 5. The largest absolute Gasteiger partial charge is 0.444 e. The van der Waals surface area contributed by atoms with Crippen molar-refractivity contribution in [2.24, 2.45) is 0 Å². The normalized spacial score (nSPS) is 11.8. The molecule has 0 saturated heterocycles. The lowest BCUT2D eigenvalue weighted by atomic mass is 10.1. The molecule has 0 saturated carbocycles. The average molecular weight is 417 g/mol. The molecule has 0 bridgehead atoms. The smallest absolute Gasteiger partial charge is 0.340 e. The van der Waals surface area contributed by atoms with Gasteiger partial charge in [-0.25, -0.2) is 14.5 Å². The molecule has 2 aromatic carbocycles. The van der Waals surface area contributed by atoms with Gasteiger partial charge in [0.25, 0.3) is 0 Å². The molecule has 0 aliphatic carbocycles. The van der Waals surface area contributed by atoms with Crippen molar-refractivity contribution in [3.8, 4) is 17.3 Å². The van der Waals surface area contributed by atoms with Crippen molar-refractivity contribution in [3.63, 3.8) is 0 Å². The Morgan fingerprint density at radius 1 is 1.20 bits per heavy atom. The topological polar surface area (TPSA) is 80.8 Å². The number of esters is 1. The molecule has 4 aromatic rings. The molecule has 1 unspecified atom stereocenters. The number of fused-ring (bicyclic) bond motifs is 1. The lowest BCUT2D eigenvalue weighted by Gasteiger charge is -2.10. The van der Waals surface area contributed by atoms with Gasteiger partial charge in [0.1, 0.15) is 6.07 Å². The van der Waals surface area contributed by atoms with E-state index < -0.39 is 12.1 Å². The molecule has 7 heteroatoms. The van der Waals surface area contributed by atoms with Crippen LogP contribution in [0.4, 0.5) is 0 Å². The van der Waals surface area contributed by atoms with Gasteiger partial charge in [0.15, 0.2) is 11.8 Å². The number of hydrogen-bond donors (Lipinski definition) is 0. The number of carbonyl (C=O) groups is 1. The average Bonchev–Trinajstić information content (AvgIpc) is 3.17. The van der Waals surface area contributed by atoms with Crippen LogP contribution < -0.4 is 0 Å². The zero-order chi connectivity index (χ0) is 21.1. The van der Waals surface area contributed by atoms with Crippen molar-refractivity contribution in [3.05, 3.63) is 83.0 Å². The predicted molar refractivity (Wildman–Crippen MR) is 114 cm³/mol. The van der Waals surface area contributed by atoms with E-state index in [0.717, 1.165) is 11.1 Å². The monoisotopic (exact) mass is 416 g/mol. The fourth-order valence-corrected chi connectivity index (χ4v) is 3.23. The zero-order valence-corrected chi connectivity index (χ0v) is 16.9. The van der Waals surface area contributed by atoms with Crippen LogP contribution in [0.3, 0.4) is 0 Å². The minimum Gasteiger partial charge on any atom is -0.444 e. The van der Waals surface area contributed by atoms with Gasteiger partial charge in [0.05, 0.1) is 29.4 Å². The Labute approximate surface area is 178 Å². The first-order valence-corrected chi connectivity index (χ1v) is 9.70. The van der Waals surface area contributed by atoms with Crippen LogP contribution in [-0.4, -0.2) is 26.8 Å². The Kier molecular flexibility index (Phi) is 5.46. The Bertz CT molecular complexity index is 1240. The Hall–Kier alpha value is -3.69. The van der Waals surface area contributed by atoms with Gasteiger partial charge in [-0.3, -0.25) is 0 Å². The second-order valence-electron chi connectivity index (χ2n) is 6.76. The molecule has 30 heavy (non-hydrogen) atoms. The third-order valence-electron chi connectivity index (χ3n) is 4.61. The van der Waals surface area contributed by atoms with Gasteiger partial charge in [0, 0.05) is 10.6 Å². The molecule has 0 fully saturated rings. The first kappa shape index (κ1) is 19.6. The molecular formula is C23H17ClN4O2. The number of aromatic nitrogens is 3. The summed E-state index contributed by atoms with van der Waals surface area (Å²) in [6.07, 6.45) is 0.741. The molecule has 2 heterocycles. The lowest BCUT2D eigenvalue weighted by molar-refractivity contribution is 0.0438. The van der Waals surface area contributed by atoms with E-state index in [9.17, 15) is 4.79 Å². The third kappa shape index (κ3) is 4.02. The molecular weight excluding hydrogens is 400 g/mol. The van der Waals surface area contributed by atoms with Crippen LogP contribution >= 0.6 is 11.6 Å². The number of carbonyl (C=O) groups excluding carboxylic acids is 1. The highest BCUT2D eigenvalue weighted by Gasteiger charge is 2.20. The number of halogens is 1. The summed E-state index contributed by atoms with van der Waals surface area (Å²) >= 11 is 5.98. The second-order valence-corrected chi connectivity index (χ2v) is 7.20. The zero-order valence-electron chi connectivity index (χ0n) is 16.1. The van der Waals surface area contributed by atoms with E-state index in [1.54, 1.807) is 16.9 Å². The van der Waals surface area contributed by atoms with Crippen molar-refractivity contribution >= 4 is 28.6 Å². The van der Waals surface area contributed by atoms with Crippen LogP contribution in [0.25, 0.3) is 22.3 Å². The second kappa shape index (κ2) is 8.36. The van der Waals surface area contributed by atoms with Crippen LogP contribution in [0.5, 0.6) is 0 Å². The van der Waals surface area contributed by atoms with E-state index in [4.69, 9.17) is 26.6 Å². The molecule has 0 N–H and O–H groups in total. The maximum Gasteiger partial charge on any atom is 0.340 e. The van der Waals surface area contributed by atoms with Crippen molar-refractivity contribution in [1.82, 2.24) is 14.8 Å². The number of pyridine rings is 1. The summed E-state index contributed by atoms with van der Waals surface area (Å²) in [6, 6.07) is 20.6. The Morgan fingerprint density at radius 3 is 2.63 bits per heavy atom. The van der Waals surface area contributed by atoms with E-state index in [1.165, 1.54) is 6.92 Å². The van der Waals surface area contributed by atoms with E-state index in [-0.39, 0.29) is 0 Å². The SMILES string of the molecule is CC(C#N)OC(=O)c1cc(-c2ccccc2)nc2c1cnn2Cc1ccc(Cl)cc1. The fourth-order valence-electron chi connectivity index (χ4n) is 3.10. The first-order chi connectivity index (χ1) is 14.5. The summed E-state index contributed by atoms with van der Waals surface area (Å²) in [5.41, 5.74) is 3.36. The molecule has 1 atom stereocenters. The molecule has 2 aromatic heterocycles. The van der Waals surface area contributed by atoms with E-state index in [2.05, 4.69) is 5.10 Å². The number of benzene rings is 2. The van der Waals surface area contributed by atoms with Crippen molar-refractivity contribution in [1.29, 1.82) is 5.26 Å². The summed E-state index contributed by atoms with van der Waals surface area (Å²) < 4.78 is 6.98. The predicted octanol–water partition coefficient (Wildman–Crippen LogP) is 4.87. The van der Waals surface area contributed by atoms with Crippen molar-refractivity contribution < 1.29 is 9.53 Å². The highest BCUT2D eigenvalue weighted by Crippen LogP contribution is 2.26. The van der Waals surface area contributed by atoms with Gasteiger partial charge >= 0.3 is 5.97 Å². The molecule has 148 valence electrons. The summed E-state index contributed by atoms with van der Waals surface area (Å²) in [5.74, 6) is -0.584. The van der Waals surface area contributed by atoms with Gasteiger partial charge < -0.3 is 4.74 Å². The van der Waals surface area contributed by atoms with Crippen LogP contribution in [0.2, 0.25) is 5.02 Å². The van der Waals surface area contributed by atoms with Gasteiger partial charge in [-0.2, -0.15) is 10.4 Å². The maximum atomic E-state index is 12.8. The highest BCUT2D eigenvalue weighted by atomic mass is 35.5. The standard InChI is InChI=1S/C23H17ClN4O2/c1-15(12-25)30-23(29)19-11-21(17-5-3-2-4-6-17)27-22-20(19)13-26-28(22)14-16-7-9-18(24)10-8-16/h2-11,13,15H,14H2,1H3. The summed E-state index contributed by atoms with van der Waals surface area (Å²) in [4.78, 5) is 17.5. The van der Waals surface area contributed by atoms with Gasteiger partial charge in [-0.15, -0.1) is 0 Å². The van der Waals surface area contributed by atoms with E-state index in [1.807, 2.05) is 60.7 Å². The summed E-state index contributed by atoms with van der Waals surface area (Å²) in [5, 5.41) is 14.7. The molecule has 0 amide bonds. The van der Waals surface area contributed by atoms with Crippen molar-refractivity contribution in [2.45, 2.75) is 19.6 Å². The van der Waals surface area contributed by atoms with Gasteiger partial charge in [-0.1, -0.05) is 54.1 Å². The molecule has 0 aliphatic rings. The molecule has 0 radical (unpaired) electrons. The first-order valence-electron chi connectivity index (χ1n) is 9.32. The minimum absolute atomic E-state index is 0.323. The number of nitriles is 1. The lowest BCUT2D eigenvalue weighted by Crippen LogP contribution is -2.14. The molecule has 0 spiro atoms. The maximum absolute atomic E-state index is 12.8. The van der Waals surface area contributed by atoms with Gasteiger partial charge in [-0.05, 0) is 30.7 Å². The van der Waals surface area contributed by atoms with Crippen LogP contribution in [0.1, 0.15) is 22.8 Å². The highest BCUT2D eigenvalue weighted by molar-refractivity contribution is 6.30. The molecule has 6 nitrogen and oxygen atoms in total. The molecule has 0 aliphatic heterocycles. The van der Waals surface area contributed by atoms with E-state index in [0.29, 0.717) is 33.9 Å². The number of ether oxygens (including phenoxy) is 1. The summed E-state index contributed by atoms with van der Waals surface area (Å²) in [7, 11) is 0. The Balaban J connectivity index is 1.83. The van der Waals surface area contributed by atoms with E-state index >= 15 is 0 Å². The van der Waals surface area contributed by atoms with Crippen LogP contribution in [0, 0.1) is 11.3 Å². The van der Waals surface area contributed by atoms with Crippen LogP contribution in [-0.2, 0) is 11.3 Å². The molecule has 4 rings (SSSR count). The minimum atomic E-state index is -0.856. The van der Waals surface area contributed by atoms with Crippen molar-refractivity contribution in [2.75, 3.05) is 0 Å². The Morgan fingerprint density at radius 2 is 1.93 bits per heavy atom. The van der Waals surface area contributed by atoms with Gasteiger partial charge in [0.2, 0.25) is 0 Å². The third-order valence-corrected chi connectivity index (χ3v) is 4.86. The summed E-state index contributed by atoms with van der Waals surface area (Å²) in [6.45, 7) is 1.99. The number of hydrogen-bond acceptors (Lipinski definition) is 5. The van der Waals surface area contributed by atoms with Crippen LogP contribution in [0.15, 0.2) is 66.9 Å².